The van der Waals surface area contributed by atoms with E-state index in [0.717, 1.165) is 5.82 Å². The molecule has 0 spiro atoms. The second kappa shape index (κ2) is 8.05. The molecule has 1 aliphatic heterocycles. The number of carbonyl (C=O) groups is 2. The molecule has 138 valence electrons. The van der Waals surface area contributed by atoms with Crippen LogP contribution in [0.4, 0.5) is 10.1 Å². The standard InChI is InChI=1S/C17H20FN5O3/c1-26-7-6-23-10-20-22-15(23)4-5-19-17(25)13-9-16(24)21-14-3-2-11(18)8-12(13)14/h2-3,8,10,13H,4-7,9H2,1H3,(H,19,25)(H,21,24)/t13-/m0/s1. The third-order valence-electron chi connectivity index (χ3n) is 4.25. The Hall–Kier alpha value is -2.81. The first-order valence-electron chi connectivity index (χ1n) is 8.31. The number of fused-ring (bicyclic) bond motifs is 1. The second-order valence-electron chi connectivity index (χ2n) is 6.01. The highest BCUT2D eigenvalue weighted by Crippen LogP contribution is 2.32. The van der Waals surface area contributed by atoms with Gasteiger partial charge in [0.2, 0.25) is 11.8 Å². The van der Waals surface area contributed by atoms with Gasteiger partial charge >= 0.3 is 0 Å². The highest BCUT2D eigenvalue weighted by atomic mass is 19.1. The Kier molecular flexibility index (Phi) is 5.57. The van der Waals surface area contributed by atoms with Crippen molar-refractivity contribution in [2.75, 3.05) is 25.6 Å². The molecule has 2 amide bonds. The van der Waals surface area contributed by atoms with Gasteiger partial charge in [0.25, 0.3) is 0 Å². The molecule has 2 aromatic rings. The van der Waals surface area contributed by atoms with E-state index in [1.807, 2.05) is 4.57 Å². The van der Waals surface area contributed by atoms with Crippen LogP contribution < -0.4 is 10.6 Å². The van der Waals surface area contributed by atoms with Crippen LogP contribution >= 0.6 is 0 Å². The van der Waals surface area contributed by atoms with E-state index in [0.29, 0.717) is 37.4 Å². The van der Waals surface area contributed by atoms with E-state index in [4.69, 9.17) is 4.74 Å². The maximum absolute atomic E-state index is 13.5. The summed E-state index contributed by atoms with van der Waals surface area (Å²) in [6.07, 6.45) is 2.09. The largest absolute Gasteiger partial charge is 0.383 e. The molecular weight excluding hydrogens is 341 g/mol. The lowest BCUT2D eigenvalue weighted by Crippen LogP contribution is -2.36. The number of nitrogens with zero attached hydrogens (tertiary/aromatic N) is 3. The van der Waals surface area contributed by atoms with Gasteiger partial charge in [-0.05, 0) is 23.8 Å². The zero-order valence-corrected chi connectivity index (χ0v) is 14.4. The van der Waals surface area contributed by atoms with E-state index in [-0.39, 0.29) is 18.2 Å². The Morgan fingerprint density at radius 2 is 2.35 bits per heavy atom. The molecule has 0 saturated carbocycles. The van der Waals surface area contributed by atoms with Crippen LogP contribution in [-0.4, -0.2) is 46.8 Å². The van der Waals surface area contributed by atoms with Gasteiger partial charge in [-0.15, -0.1) is 10.2 Å². The molecule has 0 aliphatic carbocycles. The predicted molar refractivity (Wildman–Crippen MR) is 91.0 cm³/mol. The Labute approximate surface area is 149 Å². The zero-order valence-electron chi connectivity index (χ0n) is 14.4. The number of methoxy groups -OCH3 is 1. The van der Waals surface area contributed by atoms with E-state index >= 15 is 0 Å². The Bertz CT molecular complexity index is 807. The van der Waals surface area contributed by atoms with Gasteiger partial charge in [-0.3, -0.25) is 9.59 Å². The molecule has 1 aromatic carbocycles. The Balaban J connectivity index is 1.62. The number of aromatic nitrogens is 3. The number of ether oxygens (including phenoxy) is 1. The molecule has 0 unspecified atom stereocenters. The molecule has 8 nitrogen and oxygen atoms in total. The van der Waals surface area contributed by atoms with E-state index < -0.39 is 11.7 Å². The summed E-state index contributed by atoms with van der Waals surface area (Å²) in [7, 11) is 1.62. The van der Waals surface area contributed by atoms with Gasteiger partial charge in [-0.25, -0.2) is 4.39 Å². The molecule has 0 radical (unpaired) electrons. The smallest absolute Gasteiger partial charge is 0.228 e. The van der Waals surface area contributed by atoms with Gasteiger partial charge in [-0.1, -0.05) is 0 Å². The van der Waals surface area contributed by atoms with E-state index in [1.54, 1.807) is 13.4 Å². The lowest BCUT2D eigenvalue weighted by atomic mass is 9.89. The topological polar surface area (TPSA) is 98.1 Å². The van der Waals surface area contributed by atoms with Gasteiger partial charge in [0.15, 0.2) is 0 Å². The van der Waals surface area contributed by atoms with Gasteiger partial charge in [0.05, 0.1) is 12.5 Å². The normalized spacial score (nSPS) is 16.1. The number of nitrogens with one attached hydrogen (secondary N) is 2. The number of carbonyl (C=O) groups excluding carboxylic acids is 2. The van der Waals surface area contributed by atoms with Gasteiger partial charge in [-0.2, -0.15) is 0 Å². The number of hydrogen-bond acceptors (Lipinski definition) is 5. The van der Waals surface area contributed by atoms with Crippen LogP contribution in [0, 0.1) is 5.82 Å². The van der Waals surface area contributed by atoms with Crippen molar-refractivity contribution in [1.29, 1.82) is 0 Å². The molecule has 0 fully saturated rings. The van der Waals surface area contributed by atoms with Crippen molar-refractivity contribution in [1.82, 2.24) is 20.1 Å². The summed E-state index contributed by atoms with van der Waals surface area (Å²) < 4.78 is 20.4. The summed E-state index contributed by atoms with van der Waals surface area (Å²) in [6, 6.07) is 4.02. The molecule has 0 bridgehead atoms. The molecule has 1 aromatic heterocycles. The van der Waals surface area contributed by atoms with Crippen molar-refractivity contribution in [3.63, 3.8) is 0 Å². The molecule has 2 N–H and O–H groups in total. The molecule has 1 atom stereocenters. The zero-order chi connectivity index (χ0) is 18.5. The van der Waals surface area contributed by atoms with Crippen molar-refractivity contribution < 1.29 is 18.7 Å². The number of anilines is 1. The van der Waals surface area contributed by atoms with Crippen molar-refractivity contribution in [2.45, 2.75) is 25.3 Å². The van der Waals surface area contributed by atoms with E-state index in [2.05, 4.69) is 20.8 Å². The average Bonchev–Trinajstić information content (AvgIpc) is 3.06. The molecule has 2 heterocycles. The van der Waals surface area contributed by atoms with Crippen LogP contribution in [0.3, 0.4) is 0 Å². The van der Waals surface area contributed by atoms with E-state index in [9.17, 15) is 14.0 Å². The first-order chi connectivity index (χ1) is 12.6. The van der Waals surface area contributed by atoms with Crippen molar-refractivity contribution >= 4 is 17.5 Å². The number of hydrogen-bond donors (Lipinski definition) is 2. The van der Waals surface area contributed by atoms with Gasteiger partial charge < -0.3 is 19.9 Å². The summed E-state index contributed by atoms with van der Waals surface area (Å²) in [6.45, 7) is 1.51. The third kappa shape index (κ3) is 4.05. The predicted octanol–water partition coefficient (Wildman–Crippen LogP) is 0.848. The number of benzene rings is 1. The van der Waals surface area contributed by atoms with Crippen LogP contribution in [0.25, 0.3) is 0 Å². The molecule has 3 rings (SSSR count). The molecular formula is C17H20FN5O3. The third-order valence-corrected chi connectivity index (χ3v) is 4.25. The summed E-state index contributed by atoms with van der Waals surface area (Å²) >= 11 is 0. The number of amides is 2. The first kappa shape index (κ1) is 18.0. The maximum atomic E-state index is 13.5. The van der Waals surface area contributed by atoms with Crippen molar-refractivity contribution in [3.05, 3.63) is 41.7 Å². The minimum atomic E-state index is -0.708. The fourth-order valence-corrected chi connectivity index (χ4v) is 2.94. The Morgan fingerprint density at radius 3 is 3.15 bits per heavy atom. The molecule has 1 aliphatic rings. The summed E-state index contributed by atoms with van der Waals surface area (Å²) in [5, 5.41) is 13.4. The van der Waals surface area contributed by atoms with Gasteiger partial charge in [0.1, 0.15) is 18.0 Å². The SMILES string of the molecule is COCCn1cnnc1CCNC(=O)[C@H]1CC(=O)Nc2ccc(F)cc21. The highest BCUT2D eigenvalue weighted by molar-refractivity contribution is 6.01. The molecule has 0 saturated heterocycles. The fourth-order valence-electron chi connectivity index (χ4n) is 2.94. The number of rotatable bonds is 7. The van der Waals surface area contributed by atoms with Crippen LogP contribution in [0.15, 0.2) is 24.5 Å². The quantitative estimate of drug-likeness (QED) is 0.762. The fraction of sp³-hybridized carbons (Fsp3) is 0.412. The summed E-state index contributed by atoms with van der Waals surface area (Å²) in [5.41, 5.74) is 0.965. The number of halogens is 1. The van der Waals surface area contributed by atoms with Crippen molar-refractivity contribution in [3.8, 4) is 0 Å². The second-order valence-corrected chi connectivity index (χ2v) is 6.01. The van der Waals surface area contributed by atoms with Crippen LogP contribution in [-0.2, 0) is 27.3 Å². The van der Waals surface area contributed by atoms with Crippen molar-refractivity contribution in [2.24, 2.45) is 0 Å². The maximum Gasteiger partial charge on any atom is 0.228 e. The van der Waals surface area contributed by atoms with Crippen LogP contribution in [0.5, 0.6) is 0 Å². The van der Waals surface area contributed by atoms with E-state index in [1.165, 1.54) is 18.2 Å². The van der Waals surface area contributed by atoms with Crippen LogP contribution in [0.2, 0.25) is 0 Å². The highest BCUT2D eigenvalue weighted by Gasteiger charge is 2.30. The van der Waals surface area contributed by atoms with Crippen LogP contribution in [0.1, 0.15) is 23.7 Å². The summed E-state index contributed by atoms with van der Waals surface area (Å²) in [5.74, 6) is -0.988. The summed E-state index contributed by atoms with van der Waals surface area (Å²) in [4.78, 5) is 24.3. The average molecular weight is 361 g/mol. The minimum absolute atomic E-state index is 0.00763. The molecule has 26 heavy (non-hydrogen) atoms. The Morgan fingerprint density at radius 1 is 1.50 bits per heavy atom. The lowest BCUT2D eigenvalue weighted by molar-refractivity contribution is -0.126. The lowest BCUT2D eigenvalue weighted by Gasteiger charge is -2.24. The first-order valence-corrected chi connectivity index (χ1v) is 8.31. The monoisotopic (exact) mass is 361 g/mol. The van der Waals surface area contributed by atoms with Gasteiger partial charge in [0, 0.05) is 38.7 Å². The minimum Gasteiger partial charge on any atom is -0.383 e. The molecule has 9 heteroatoms.